The average Bonchev–Trinajstić information content (AvgIpc) is 3.48. The van der Waals surface area contributed by atoms with E-state index in [9.17, 15) is 4.79 Å². The van der Waals surface area contributed by atoms with E-state index in [4.69, 9.17) is 19.2 Å². The number of benzene rings is 2. The van der Waals surface area contributed by atoms with Gasteiger partial charge in [0.2, 0.25) is 5.91 Å². The van der Waals surface area contributed by atoms with Gasteiger partial charge in [0, 0.05) is 32.2 Å². The van der Waals surface area contributed by atoms with Crippen LogP contribution in [0, 0.1) is 0 Å². The first-order valence-corrected chi connectivity index (χ1v) is 11.3. The molecule has 1 amide bonds. The van der Waals surface area contributed by atoms with Gasteiger partial charge in [0.15, 0.2) is 0 Å². The van der Waals surface area contributed by atoms with Crippen LogP contribution in [0.25, 0.3) is 11.0 Å². The zero-order valence-corrected chi connectivity index (χ0v) is 18.6. The van der Waals surface area contributed by atoms with Crippen LogP contribution in [-0.2, 0) is 22.5 Å². The first kappa shape index (κ1) is 22.1. The third-order valence-corrected chi connectivity index (χ3v) is 5.67. The zero-order valence-electron chi connectivity index (χ0n) is 18.6. The van der Waals surface area contributed by atoms with Crippen molar-refractivity contribution in [3.05, 3.63) is 54.4 Å². The van der Waals surface area contributed by atoms with E-state index >= 15 is 0 Å². The monoisotopic (exact) mass is 437 g/mol. The van der Waals surface area contributed by atoms with E-state index in [1.54, 1.807) is 7.11 Å². The summed E-state index contributed by atoms with van der Waals surface area (Å²) in [4.78, 5) is 17.0. The summed E-state index contributed by atoms with van der Waals surface area (Å²) in [7, 11) is 1.65. The van der Waals surface area contributed by atoms with Gasteiger partial charge >= 0.3 is 0 Å². The standard InChI is InChI=1S/C25H31N3O4/c1-30-19-8-4-9-20(18-19)31-17-7-15-28-22-11-3-2-10-21(22)27-24(28)13-5-14-26-25(29)23-12-6-16-32-23/h2-4,8-11,18,23H,5-7,12-17H2,1H3,(H,26,29). The maximum atomic E-state index is 12.1. The number of hydrogen-bond acceptors (Lipinski definition) is 5. The van der Waals surface area contributed by atoms with Gasteiger partial charge in [-0.25, -0.2) is 4.98 Å². The lowest BCUT2D eigenvalue weighted by Crippen LogP contribution is -2.34. The molecule has 0 bridgehead atoms. The van der Waals surface area contributed by atoms with E-state index < -0.39 is 0 Å². The molecule has 1 unspecified atom stereocenters. The van der Waals surface area contributed by atoms with Crippen LogP contribution in [0.3, 0.4) is 0 Å². The van der Waals surface area contributed by atoms with Crippen molar-refractivity contribution in [1.29, 1.82) is 0 Å². The molecular formula is C25H31N3O4. The number of carbonyl (C=O) groups is 1. The van der Waals surface area contributed by atoms with Crippen molar-refractivity contribution in [2.75, 3.05) is 26.9 Å². The molecule has 32 heavy (non-hydrogen) atoms. The van der Waals surface area contributed by atoms with Crippen LogP contribution in [0.1, 0.15) is 31.5 Å². The second-order valence-electron chi connectivity index (χ2n) is 7.95. The number of aromatic nitrogens is 2. The van der Waals surface area contributed by atoms with Crippen molar-refractivity contribution >= 4 is 16.9 Å². The number of methoxy groups -OCH3 is 1. The van der Waals surface area contributed by atoms with Crippen LogP contribution >= 0.6 is 0 Å². The molecule has 1 aliphatic rings. The smallest absolute Gasteiger partial charge is 0.249 e. The number of ether oxygens (including phenoxy) is 3. The highest BCUT2D eigenvalue weighted by Gasteiger charge is 2.22. The molecule has 1 aromatic heterocycles. The third kappa shape index (κ3) is 5.59. The van der Waals surface area contributed by atoms with Gasteiger partial charge < -0.3 is 24.1 Å². The molecule has 3 aromatic rings. The summed E-state index contributed by atoms with van der Waals surface area (Å²) in [6.07, 6.45) is 4.01. The maximum Gasteiger partial charge on any atom is 0.249 e. The number of carbonyl (C=O) groups excluding carboxylic acids is 1. The summed E-state index contributed by atoms with van der Waals surface area (Å²) in [6, 6.07) is 15.9. The Morgan fingerprint density at radius 2 is 2.06 bits per heavy atom. The predicted octanol–water partition coefficient (Wildman–Crippen LogP) is 3.74. The molecule has 2 heterocycles. The number of nitrogens with one attached hydrogen (secondary N) is 1. The number of para-hydroxylation sites is 2. The van der Waals surface area contributed by atoms with Gasteiger partial charge in [-0.2, -0.15) is 0 Å². The largest absolute Gasteiger partial charge is 0.497 e. The molecule has 1 saturated heterocycles. The van der Waals surface area contributed by atoms with E-state index in [0.29, 0.717) is 19.8 Å². The number of aryl methyl sites for hydroxylation is 2. The van der Waals surface area contributed by atoms with Crippen molar-refractivity contribution in [3.8, 4) is 11.5 Å². The van der Waals surface area contributed by atoms with E-state index in [1.165, 1.54) is 0 Å². The van der Waals surface area contributed by atoms with Crippen molar-refractivity contribution in [1.82, 2.24) is 14.9 Å². The van der Waals surface area contributed by atoms with E-state index in [-0.39, 0.29) is 12.0 Å². The summed E-state index contributed by atoms with van der Waals surface area (Å²) >= 11 is 0. The Hall–Kier alpha value is -3.06. The highest BCUT2D eigenvalue weighted by molar-refractivity contribution is 5.80. The molecule has 1 fully saturated rings. The summed E-state index contributed by atoms with van der Waals surface area (Å²) in [5.74, 6) is 2.64. The minimum atomic E-state index is -0.274. The fourth-order valence-corrected chi connectivity index (χ4v) is 4.03. The molecule has 1 N–H and O–H groups in total. The fourth-order valence-electron chi connectivity index (χ4n) is 4.03. The van der Waals surface area contributed by atoms with Crippen molar-refractivity contribution < 1.29 is 19.0 Å². The minimum Gasteiger partial charge on any atom is -0.497 e. The van der Waals surface area contributed by atoms with Crippen molar-refractivity contribution in [3.63, 3.8) is 0 Å². The normalized spacial score (nSPS) is 15.7. The predicted molar refractivity (Wildman–Crippen MR) is 123 cm³/mol. The molecule has 4 rings (SSSR count). The molecule has 0 spiro atoms. The van der Waals surface area contributed by atoms with Crippen molar-refractivity contribution in [2.24, 2.45) is 0 Å². The minimum absolute atomic E-state index is 0.00527. The number of nitrogens with zero attached hydrogens (tertiary/aromatic N) is 2. The van der Waals surface area contributed by atoms with Crippen LogP contribution in [0.4, 0.5) is 0 Å². The molecule has 0 saturated carbocycles. The molecule has 170 valence electrons. The van der Waals surface area contributed by atoms with Gasteiger partial charge in [0.25, 0.3) is 0 Å². The van der Waals surface area contributed by atoms with Crippen LogP contribution in [0.15, 0.2) is 48.5 Å². The molecule has 1 atom stereocenters. The van der Waals surface area contributed by atoms with E-state index in [0.717, 1.165) is 67.0 Å². The SMILES string of the molecule is COc1cccc(OCCCn2c(CCCNC(=O)C3CCCO3)nc3ccccc32)c1. The molecule has 2 aromatic carbocycles. The van der Waals surface area contributed by atoms with Crippen LogP contribution < -0.4 is 14.8 Å². The summed E-state index contributed by atoms with van der Waals surface area (Å²) in [6.45, 7) is 2.74. The number of amides is 1. The lowest BCUT2D eigenvalue weighted by atomic mass is 10.2. The highest BCUT2D eigenvalue weighted by Crippen LogP contribution is 2.20. The fraction of sp³-hybridized carbons (Fsp3) is 0.440. The Balaban J connectivity index is 1.31. The topological polar surface area (TPSA) is 74.6 Å². The second-order valence-corrected chi connectivity index (χ2v) is 7.95. The van der Waals surface area contributed by atoms with Gasteiger partial charge in [-0.3, -0.25) is 4.79 Å². The maximum absolute atomic E-state index is 12.1. The van der Waals surface area contributed by atoms with Gasteiger partial charge in [0.05, 0.1) is 24.8 Å². The van der Waals surface area contributed by atoms with Gasteiger partial charge in [-0.1, -0.05) is 18.2 Å². The first-order chi connectivity index (χ1) is 15.7. The molecular weight excluding hydrogens is 406 g/mol. The lowest BCUT2D eigenvalue weighted by Gasteiger charge is -2.12. The van der Waals surface area contributed by atoms with Crippen LogP contribution in [-0.4, -0.2) is 48.4 Å². The Labute approximate surface area is 188 Å². The second kappa shape index (κ2) is 11.0. The zero-order chi connectivity index (χ0) is 22.2. The summed E-state index contributed by atoms with van der Waals surface area (Å²) < 4.78 is 18.9. The van der Waals surface area contributed by atoms with Crippen molar-refractivity contribution in [2.45, 2.75) is 44.8 Å². The van der Waals surface area contributed by atoms with Gasteiger partial charge in [-0.15, -0.1) is 0 Å². The average molecular weight is 438 g/mol. The summed E-state index contributed by atoms with van der Waals surface area (Å²) in [5.41, 5.74) is 2.13. The molecule has 7 heteroatoms. The van der Waals surface area contributed by atoms with E-state index in [2.05, 4.69) is 16.0 Å². The number of imidazole rings is 1. The quantitative estimate of drug-likeness (QED) is 0.463. The Morgan fingerprint density at radius 1 is 1.19 bits per heavy atom. The number of hydrogen-bond donors (Lipinski definition) is 1. The first-order valence-electron chi connectivity index (χ1n) is 11.3. The third-order valence-electron chi connectivity index (χ3n) is 5.67. The van der Waals surface area contributed by atoms with Gasteiger partial charge in [0.1, 0.15) is 23.4 Å². The van der Waals surface area contributed by atoms with E-state index in [1.807, 2.05) is 42.5 Å². The Morgan fingerprint density at radius 3 is 2.91 bits per heavy atom. The Kier molecular flexibility index (Phi) is 7.61. The summed E-state index contributed by atoms with van der Waals surface area (Å²) in [5, 5.41) is 3.00. The molecule has 1 aliphatic heterocycles. The lowest BCUT2D eigenvalue weighted by molar-refractivity contribution is -0.130. The molecule has 0 radical (unpaired) electrons. The Bertz CT molecular complexity index is 1030. The van der Waals surface area contributed by atoms with Gasteiger partial charge in [-0.05, 0) is 49.9 Å². The van der Waals surface area contributed by atoms with Crippen LogP contribution in [0.2, 0.25) is 0 Å². The molecule has 7 nitrogen and oxygen atoms in total. The number of rotatable bonds is 11. The highest BCUT2D eigenvalue weighted by atomic mass is 16.5. The van der Waals surface area contributed by atoms with Crippen LogP contribution in [0.5, 0.6) is 11.5 Å². The molecule has 0 aliphatic carbocycles. The number of fused-ring (bicyclic) bond motifs is 1.